The summed E-state index contributed by atoms with van der Waals surface area (Å²) in [6.45, 7) is 7.70. The van der Waals surface area contributed by atoms with Gasteiger partial charge in [-0.25, -0.2) is 0 Å². The van der Waals surface area contributed by atoms with Crippen molar-refractivity contribution >= 4 is 0 Å². The third kappa shape index (κ3) is 2.94. The van der Waals surface area contributed by atoms with Gasteiger partial charge in [0.2, 0.25) is 0 Å². The third-order valence-electron chi connectivity index (χ3n) is 4.22. The Morgan fingerprint density at radius 3 is 2.79 bits per heavy atom. The highest BCUT2D eigenvalue weighted by molar-refractivity contribution is 5.51. The van der Waals surface area contributed by atoms with E-state index in [0.717, 1.165) is 12.3 Å². The quantitative estimate of drug-likeness (QED) is 0.825. The molecule has 1 N–H and O–H groups in total. The second-order valence-electron chi connectivity index (χ2n) is 5.68. The van der Waals surface area contributed by atoms with Crippen LogP contribution in [-0.2, 0) is 6.42 Å². The molecule has 0 aliphatic heterocycles. The first-order valence-corrected chi connectivity index (χ1v) is 7.59. The summed E-state index contributed by atoms with van der Waals surface area (Å²) in [5.41, 5.74) is 5.65. The van der Waals surface area contributed by atoms with Crippen LogP contribution in [0.5, 0.6) is 5.75 Å². The first kappa shape index (κ1) is 14.4. The van der Waals surface area contributed by atoms with Gasteiger partial charge in [-0.15, -0.1) is 0 Å². The van der Waals surface area contributed by atoms with E-state index in [1.165, 1.54) is 54.4 Å². The highest BCUT2D eigenvalue weighted by Crippen LogP contribution is 2.37. The molecular formula is C17H27NO. The fraction of sp³-hybridized carbons (Fsp3) is 0.647. The Bertz CT molecular complexity index is 439. The van der Waals surface area contributed by atoms with E-state index in [1.54, 1.807) is 7.11 Å². The molecule has 1 aromatic carbocycles. The van der Waals surface area contributed by atoms with Crippen LogP contribution in [-0.4, -0.2) is 13.7 Å². The van der Waals surface area contributed by atoms with Crippen molar-refractivity contribution < 1.29 is 4.74 Å². The lowest BCUT2D eigenvalue weighted by molar-refractivity contribution is 0.405. The average Bonchev–Trinajstić information content (AvgIpc) is 2.59. The van der Waals surface area contributed by atoms with E-state index in [2.05, 4.69) is 32.2 Å². The third-order valence-corrected chi connectivity index (χ3v) is 4.22. The number of hydrogen-bond donors (Lipinski definition) is 1. The Morgan fingerprint density at radius 2 is 2.11 bits per heavy atom. The van der Waals surface area contributed by atoms with Crippen LogP contribution >= 0.6 is 0 Å². The van der Waals surface area contributed by atoms with Crippen LogP contribution in [0.3, 0.4) is 0 Å². The molecule has 0 radical (unpaired) electrons. The Morgan fingerprint density at radius 1 is 1.32 bits per heavy atom. The second-order valence-corrected chi connectivity index (χ2v) is 5.68. The van der Waals surface area contributed by atoms with Gasteiger partial charge in [-0.3, -0.25) is 0 Å². The molecule has 0 bridgehead atoms. The lowest BCUT2D eigenvalue weighted by Crippen LogP contribution is -2.23. The number of hydrogen-bond acceptors (Lipinski definition) is 2. The lowest BCUT2D eigenvalue weighted by Gasteiger charge is -2.24. The lowest BCUT2D eigenvalue weighted by atomic mass is 9.91. The molecule has 1 aromatic rings. The van der Waals surface area contributed by atoms with Crippen LogP contribution in [0, 0.1) is 13.8 Å². The number of aryl methyl sites for hydroxylation is 2. The first-order valence-electron chi connectivity index (χ1n) is 7.59. The van der Waals surface area contributed by atoms with E-state index >= 15 is 0 Å². The smallest absolute Gasteiger partial charge is 0.125 e. The van der Waals surface area contributed by atoms with Crippen LogP contribution in [0.1, 0.15) is 60.9 Å². The molecule has 2 rings (SSSR count). The maximum atomic E-state index is 5.61. The number of benzene rings is 1. The summed E-state index contributed by atoms with van der Waals surface area (Å²) in [4.78, 5) is 0. The summed E-state index contributed by atoms with van der Waals surface area (Å²) in [6.07, 6.45) is 6.28. The molecule has 1 aliphatic rings. The molecule has 19 heavy (non-hydrogen) atoms. The molecule has 0 amide bonds. The molecule has 0 saturated carbocycles. The molecule has 0 heterocycles. The molecule has 1 unspecified atom stereocenters. The highest BCUT2D eigenvalue weighted by Gasteiger charge is 2.23. The number of nitrogens with one attached hydrogen (secondary N) is 1. The molecule has 0 saturated heterocycles. The molecule has 2 heteroatoms. The van der Waals surface area contributed by atoms with Gasteiger partial charge in [-0.2, -0.15) is 0 Å². The zero-order valence-corrected chi connectivity index (χ0v) is 12.8. The van der Waals surface area contributed by atoms with Crippen molar-refractivity contribution in [1.82, 2.24) is 5.32 Å². The number of fused-ring (bicyclic) bond motifs is 1. The van der Waals surface area contributed by atoms with E-state index in [9.17, 15) is 0 Å². The fourth-order valence-electron chi connectivity index (χ4n) is 3.40. The minimum absolute atomic E-state index is 0.506. The van der Waals surface area contributed by atoms with Gasteiger partial charge in [0.1, 0.15) is 5.75 Å². The highest BCUT2D eigenvalue weighted by atomic mass is 16.5. The Hall–Kier alpha value is -1.02. The normalized spacial score (nSPS) is 18.8. The maximum absolute atomic E-state index is 5.61. The Balaban J connectivity index is 2.45. The van der Waals surface area contributed by atoms with Crippen molar-refractivity contribution in [3.63, 3.8) is 0 Å². The second kappa shape index (κ2) is 6.42. The van der Waals surface area contributed by atoms with Crippen LogP contribution in [0.4, 0.5) is 0 Å². The molecule has 1 atom stereocenters. The molecule has 0 fully saturated rings. The van der Waals surface area contributed by atoms with Gasteiger partial charge in [0.05, 0.1) is 7.11 Å². The number of ether oxygens (including phenoxy) is 1. The number of rotatable bonds is 4. The van der Waals surface area contributed by atoms with Crippen molar-refractivity contribution in [2.75, 3.05) is 13.7 Å². The zero-order chi connectivity index (χ0) is 13.8. The van der Waals surface area contributed by atoms with Crippen molar-refractivity contribution in [3.05, 3.63) is 28.3 Å². The van der Waals surface area contributed by atoms with Crippen molar-refractivity contribution in [3.8, 4) is 5.75 Å². The molecule has 0 aromatic heterocycles. The van der Waals surface area contributed by atoms with Gasteiger partial charge in [0.15, 0.2) is 0 Å². The summed E-state index contributed by atoms with van der Waals surface area (Å²) < 4.78 is 5.61. The minimum atomic E-state index is 0.506. The van der Waals surface area contributed by atoms with Gasteiger partial charge in [0.25, 0.3) is 0 Å². The van der Waals surface area contributed by atoms with Gasteiger partial charge in [0, 0.05) is 6.04 Å². The topological polar surface area (TPSA) is 21.3 Å². The van der Waals surface area contributed by atoms with E-state index in [1.807, 2.05) is 0 Å². The summed E-state index contributed by atoms with van der Waals surface area (Å²) in [5, 5.41) is 3.72. The van der Waals surface area contributed by atoms with Gasteiger partial charge in [-0.05, 0) is 68.3 Å². The Labute approximate surface area is 117 Å². The van der Waals surface area contributed by atoms with Gasteiger partial charge < -0.3 is 10.1 Å². The van der Waals surface area contributed by atoms with E-state index in [4.69, 9.17) is 4.74 Å². The SMILES string of the molecule is CCCNC1CCCCc2cc(C)c(OC)c(C)c21. The number of methoxy groups -OCH3 is 1. The molecule has 1 aliphatic carbocycles. The van der Waals surface area contributed by atoms with Crippen LogP contribution in [0.15, 0.2) is 6.07 Å². The van der Waals surface area contributed by atoms with Crippen LogP contribution in [0.2, 0.25) is 0 Å². The summed E-state index contributed by atoms with van der Waals surface area (Å²) in [7, 11) is 1.78. The van der Waals surface area contributed by atoms with Gasteiger partial charge >= 0.3 is 0 Å². The van der Waals surface area contributed by atoms with Crippen molar-refractivity contribution in [2.45, 2.75) is 58.9 Å². The van der Waals surface area contributed by atoms with Crippen molar-refractivity contribution in [2.24, 2.45) is 0 Å². The zero-order valence-electron chi connectivity index (χ0n) is 12.8. The predicted octanol–water partition coefficient (Wildman–Crippen LogP) is 4.08. The minimum Gasteiger partial charge on any atom is -0.496 e. The van der Waals surface area contributed by atoms with E-state index in [0.29, 0.717) is 6.04 Å². The monoisotopic (exact) mass is 261 g/mol. The van der Waals surface area contributed by atoms with Crippen LogP contribution < -0.4 is 10.1 Å². The first-order chi connectivity index (χ1) is 9.19. The van der Waals surface area contributed by atoms with Crippen LogP contribution in [0.25, 0.3) is 0 Å². The van der Waals surface area contributed by atoms with Gasteiger partial charge in [-0.1, -0.05) is 19.4 Å². The largest absolute Gasteiger partial charge is 0.496 e. The Kier molecular flexibility index (Phi) is 4.87. The standard InChI is InChI=1S/C17H27NO/c1-5-10-18-15-9-7-6-8-14-11-12(2)17(19-4)13(3)16(14)15/h11,15,18H,5-10H2,1-4H3. The summed E-state index contributed by atoms with van der Waals surface area (Å²) in [6, 6.07) is 2.85. The van der Waals surface area contributed by atoms with E-state index in [-0.39, 0.29) is 0 Å². The fourth-order valence-corrected chi connectivity index (χ4v) is 3.40. The molecule has 0 spiro atoms. The summed E-state index contributed by atoms with van der Waals surface area (Å²) in [5.74, 6) is 1.07. The van der Waals surface area contributed by atoms with Crippen molar-refractivity contribution in [1.29, 1.82) is 0 Å². The molecule has 106 valence electrons. The predicted molar refractivity (Wildman–Crippen MR) is 81.1 cm³/mol. The summed E-state index contributed by atoms with van der Waals surface area (Å²) >= 11 is 0. The van der Waals surface area contributed by atoms with E-state index < -0.39 is 0 Å². The molecule has 2 nitrogen and oxygen atoms in total. The molecular weight excluding hydrogens is 234 g/mol. The average molecular weight is 261 g/mol. The maximum Gasteiger partial charge on any atom is 0.125 e.